The van der Waals surface area contributed by atoms with Crippen LogP contribution in [0.3, 0.4) is 0 Å². The average Bonchev–Trinajstić information content (AvgIpc) is 1.55. The van der Waals surface area contributed by atoms with E-state index in [9.17, 15) is 0 Å². The maximum atomic E-state index is 2.86. The lowest BCUT2D eigenvalue weighted by atomic mass is 10.0. The lowest BCUT2D eigenvalue weighted by Crippen LogP contribution is -2.56. The summed E-state index contributed by atoms with van der Waals surface area (Å²) in [5.41, 5.74) is 1.25. The molecule has 1 nitrogen and oxygen atoms in total. The number of nitrogens with zero attached hydrogens (tertiary/aromatic N) is 1. The second-order valence-corrected chi connectivity index (χ2v) is 4.78. The van der Waals surface area contributed by atoms with Crippen LogP contribution < -0.4 is 0 Å². The van der Waals surface area contributed by atoms with Gasteiger partial charge in [0.2, 0.25) is 0 Å². The largest absolute Gasteiger partial charge is 0.297 e. The van der Waals surface area contributed by atoms with Gasteiger partial charge in [-0.05, 0) is 26.4 Å². The molecule has 0 bridgehead atoms. The van der Waals surface area contributed by atoms with Crippen molar-refractivity contribution in [2.45, 2.75) is 32.0 Å². The SMILES string of the molecule is CC(C)(C)N1CC(P)C1. The summed E-state index contributed by atoms with van der Waals surface area (Å²) in [5.74, 6) is 0. The van der Waals surface area contributed by atoms with Gasteiger partial charge in [-0.15, -0.1) is 9.24 Å². The predicted molar refractivity (Wildman–Crippen MR) is 44.8 cm³/mol. The van der Waals surface area contributed by atoms with Gasteiger partial charge in [0.15, 0.2) is 0 Å². The fourth-order valence-electron chi connectivity index (χ4n) is 1.06. The first kappa shape index (κ1) is 7.50. The van der Waals surface area contributed by atoms with Crippen LogP contribution in [0, 0.1) is 0 Å². The van der Waals surface area contributed by atoms with Gasteiger partial charge < -0.3 is 0 Å². The van der Waals surface area contributed by atoms with Crippen molar-refractivity contribution >= 4 is 9.24 Å². The molecule has 1 aliphatic heterocycles. The van der Waals surface area contributed by atoms with Crippen molar-refractivity contribution < 1.29 is 0 Å². The van der Waals surface area contributed by atoms with E-state index in [1.54, 1.807) is 0 Å². The first-order chi connectivity index (χ1) is 4.00. The van der Waals surface area contributed by atoms with Crippen molar-refractivity contribution in [2.75, 3.05) is 13.1 Å². The summed E-state index contributed by atoms with van der Waals surface area (Å²) in [5, 5.41) is 0. The van der Waals surface area contributed by atoms with Gasteiger partial charge in [-0.2, -0.15) is 0 Å². The third-order valence-corrected chi connectivity index (χ3v) is 2.28. The minimum Gasteiger partial charge on any atom is -0.297 e. The van der Waals surface area contributed by atoms with Crippen molar-refractivity contribution in [1.82, 2.24) is 4.90 Å². The Morgan fingerprint density at radius 3 is 1.89 bits per heavy atom. The Kier molecular flexibility index (Phi) is 1.84. The molecular weight excluding hydrogens is 129 g/mol. The first-order valence-electron chi connectivity index (χ1n) is 3.51. The molecule has 9 heavy (non-hydrogen) atoms. The van der Waals surface area contributed by atoms with Crippen LogP contribution in [0.15, 0.2) is 0 Å². The number of hydrogen-bond acceptors (Lipinski definition) is 1. The molecule has 2 heteroatoms. The molecular formula is C7H16NP. The van der Waals surface area contributed by atoms with E-state index in [1.165, 1.54) is 13.1 Å². The van der Waals surface area contributed by atoms with E-state index >= 15 is 0 Å². The first-order valence-corrected chi connectivity index (χ1v) is 4.17. The molecule has 1 heterocycles. The Morgan fingerprint density at radius 1 is 1.33 bits per heavy atom. The molecule has 0 N–H and O–H groups in total. The molecule has 1 saturated heterocycles. The summed E-state index contributed by atoms with van der Waals surface area (Å²) < 4.78 is 0. The zero-order valence-corrected chi connectivity index (χ0v) is 7.67. The summed E-state index contributed by atoms with van der Waals surface area (Å²) in [7, 11) is 2.86. The monoisotopic (exact) mass is 145 g/mol. The molecule has 0 saturated carbocycles. The molecule has 0 amide bonds. The Hall–Kier alpha value is 0.390. The van der Waals surface area contributed by atoms with Crippen molar-refractivity contribution in [3.63, 3.8) is 0 Å². The van der Waals surface area contributed by atoms with E-state index in [4.69, 9.17) is 0 Å². The molecule has 0 aromatic rings. The lowest BCUT2D eigenvalue weighted by Gasteiger charge is -2.46. The van der Waals surface area contributed by atoms with E-state index in [-0.39, 0.29) is 0 Å². The predicted octanol–water partition coefficient (Wildman–Crippen LogP) is 1.34. The van der Waals surface area contributed by atoms with Crippen molar-refractivity contribution in [3.05, 3.63) is 0 Å². The topological polar surface area (TPSA) is 3.24 Å². The Balaban J connectivity index is 2.32. The fraction of sp³-hybridized carbons (Fsp3) is 1.00. The van der Waals surface area contributed by atoms with Crippen LogP contribution in [0.5, 0.6) is 0 Å². The zero-order chi connectivity index (χ0) is 7.07. The zero-order valence-electron chi connectivity index (χ0n) is 6.52. The van der Waals surface area contributed by atoms with Crippen LogP contribution >= 0.6 is 9.24 Å². The van der Waals surface area contributed by atoms with Crippen LogP contribution in [0.4, 0.5) is 0 Å². The van der Waals surface area contributed by atoms with Crippen molar-refractivity contribution in [1.29, 1.82) is 0 Å². The van der Waals surface area contributed by atoms with Gasteiger partial charge in [0.05, 0.1) is 0 Å². The maximum absolute atomic E-state index is 2.86. The van der Waals surface area contributed by atoms with E-state index in [0.29, 0.717) is 5.54 Å². The summed E-state index contributed by atoms with van der Waals surface area (Å²) in [6.07, 6.45) is 0. The summed E-state index contributed by atoms with van der Waals surface area (Å²) >= 11 is 0. The van der Waals surface area contributed by atoms with Crippen LogP contribution in [0.25, 0.3) is 0 Å². The van der Waals surface area contributed by atoms with Crippen LogP contribution in [-0.4, -0.2) is 29.2 Å². The van der Waals surface area contributed by atoms with Gasteiger partial charge in [-0.25, -0.2) is 0 Å². The minimum atomic E-state index is 0.396. The van der Waals surface area contributed by atoms with Gasteiger partial charge >= 0.3 is 0 Å². The molecule has 1 unspecified atom stereocenters. The van der Waals surface area contributed by atoms with Gasteiger partial charge in [0.1, 0.15) is 0 Å². The molecule has 0 spiro atoms. The Labute approximate surface area is 60.0 Å². The standard InChI is InChI=1S/C7H16NP/c1-7(2,3)8-4-6(9)5-8/h6H,4-5,9H2,1-3H3. The molecule has 1 aliphatic rings. The average molecular weight is 145 g/mol. The van der Waals surface area contributed by atoms with Crippen molar-refractivity contribution in [2.24, 2.45) is 0 Å². The third-order valence-electron chi connectivity index (χ3n) is 1.86. The fourth-order valence-corrected chi connectivity index (χ4v) is 1.57. The van der Waals surface area contributed by atoms with Gasteiger partial charge in [0, 0.05) is 18.6 Å². The second-order valence-electron chi connectivity index (χ2n) is 3.84. The van der Waals surface area contributed by atoms with Gasteiger partial charge in [-0.3, -0.25) is 4.90 Å². The molecule has 0 aromatic carbocycles. The third kappa shape index (κ3) is 1.65. The maximum Gasteiger partial charge on any atom is 0.0125 e. The Bertz CT molecular complexity index is 100.0. The molecule has 0 aliphatic carbocycles. The quantitative estimate of drug-likeness (QED) is 0.465. The molecule has 1 fully saturated rings. The normalized spacial score (nSPS) is 24.0. The molecule has 54 valence electrons. The van der Waals surface area contributed by atoms with Gasteiger partial charge in [0.25, 0.3) is 0 Å². The van der Waals surface area contributed by atoms with Crippen LogP contribution in [0.1, 0.15) is 20.8 Å². The Morgan fingerprint density at radius 2 is 1.78 bits per heavy atom. The number of likely N-dealkylation sites (tertiary alicyclic amines) is 1. The highest BCUT2D eigenvalue weighted by molar-refractivity contribution is 7.17. The second kappa shape index (κ2) is 2.21. The van der Waals surface area contributed by atoms with Crippen LogP contribution in [0.2, 0.25) is 0 Å². The molecule has 0 aromatic heterocycles. The van der Waals surface area contributed by atoms with Gasteiger partial charge in [-0.1, -0.05) is 0 Å². The number of hydrogen-bond donors (Lipinski definition) is 0. The highest BCUT2D eigenvalue weighted by Gasteiger charge is 2.31. The molecule has 1 atom stereocenters. The van der Waals surface area contributed by atoms with E-state index in [1.807, 2.05) is 0 Å². The summed E-state index contributed by atoms with van der Waals surface area (Å²) in [4.78, 5) is 2.49. The highest BCUT2D eigenvalue weighted by Crippen LogP contribution is 2.24. The molecule has 0 radical (unpaired) electrons. The smallest absolute Gasteiger partial charge is 0.0125 e. The van der Waals surface area contributed by atoms with E-state index in [0.717, 1.165) is 5.66 Å². The highest BCUT2D eigenvalue weighted by atomic mass is 31.0. The lowest BCUT2D eigenvalue weighted by molar-refractivity contribution is 0.0751. The van der Waals surface area contributed by atoms with E-state index < -0.39 is 0 Å². The van der Waals surface area contributed by atoms with Crippen molar-refractivity contribution in [3.8, 4) is 0 Å². The molecule has 1 rings (SSSR count). The van der Waals surface area contributed by atoms with Crippen LogP contribution in [-0.2, 0) is 0 Å². The summed E-state index contributed by atoms with van der Waals surface area (Å²) in [6, 6.07) is 0. The van der Waals surface area contributed by atoms with E-state index in [2.05, 4.69) is 34.9 Å². The summed E-state index contributed by atoms with van der Waals surface area (Å²) in [6.45, 7) is 9.32. The minimum absolute atomic E-state index is 0.396. The number of rotatable bonds is 0.